The molecule has 0 aromatic heterocycles. The highest BCUT2D eigenvalue weighted by molar-refractivity contribution is 7.98. The molecule has 0 radical (unpaired) electrons. The first-order valence-corrected chi connectivity index (χ1v) is 8.06. The smallest absolute Gasteiger partial charge is 0.255 e. The van der Waals surface area contributed by atoms with Crippen LogP contribution in [-0.4, -0.2) is 18.9 Å². The monoisotopic (exact) mass is 281 g/mol. The van der Waals surface area contributed by atoms with Crippen molar-refractivity contribution in [2.24, 2.45) is 0 Å². The number of nitrogens with one attached hydrogen (secondary N) is 2. The van der Waals surface area contributed by atoms with Crippen molar-refractivity contribution in [1.29, 1.82) is 0 Å². The maximum atomic E-state index is 3.53. The van der Waals surface area contributed by atoms with Gasteiger partial charge in [0.2, 0.25) is 0 Å². The van der Waals surface area contributed by atoms with Gasteiger partial charge >= 0.3 is 0 Å². The predicted molar refractivity (Wildman–Crippen MR) is 83.1 cm³/mol. The highest BCUT2D eigenvalue weighted by Gasteiger charge is 2.32. The van der Waals surface area contributed by atoms with Crippen molar-refractivity contribution < 1.29 is 4.99 Å². The van der Waals surface area contributed by atoms with Gasteiger partial charge in [0.15, 0.2) is 0 Å². The van der Waals surface area contributed by atoms with Crippen molar-refractivity contribution in [3.8, 4) is 0 Å². The van der Waals surface area contributed by atoms with Gasteiger partial charge in [-0.25, -0.2) is 0 Å². The number of thioether (sulfide) groups is 1. The molecule has 4 rings (SSSR count). The normalized spacial score (nSPS) is 20.4. The van der Waals surface area contributed by atoms with E-state index >= 15 is 0 Å². The minimum Gasteiger partial charge on any atom is -0.274 e. The van der Waals surface area contributed by atoms with Gasteiger partial charge in [0.1, 0.15) is 19.0 Å². The molecular weight excluding hydrogens is 264 g/mol. The Morgan fingerprint density at radius 1 is 1.00 bits per heavy atom. The van der Waals surface area contributed by atoms with Crippen LogP contribution in [0, 0.1) is 0 Å². The summed E-state index contributed by atoms with van der Waals surface area (Å²) >= 11 is 1.95. The molecule has 2 aliphatic rings. The molecule has 2 aliphatic heterocycles. The van der Waals surface area contributed by atoms with Gasteiger partial charge in [0, 0.05) is 10.6 Å². The van der Waals surface area contributed by atoms with Gasteiger partial charge in [0.05, 0.1) is 0 Å². The standard InChI is InChI=1S/C17H16N2S/c1-2-6-13-12(5-1)11-20-15-8-4-3-7-14(15)16(13)17-18-9-10-19-17/h1-8,16H,9-11H2,(H,18,19)/p+1/t16-/m0/s1. The zero-order valence-corrected chi connectivity index (χ0v) is 12.0. The molecule has 0 spiro atoms. The van der Waals surface area contributed by atoms with Crippen LogP contribution >= 0.6 is 11.8 Å². The van der Waals surface area contributed by atoms with Gasteiger partial charge in [-0.15, -0.1) is 11.8 Å². The average Bonchev–Trinajstić information content (AvgIpc) is 2.96. The second kappa shape index (κ2) is 4.98. The van der Waals surface area contributed by atoms with Gasteiger partial charge < -0.3 is 0 Å². The molecule has 2 N–H and O–H groups in total. The van der Waals surface area contributed by atoms with Crippen LogP contribution in [0.5, 0.6) is 0 Å². The number of amidine groups is 1. The van der Waals surface area contributed by atoms with E-state index < -0.39 is 0 Å². The molecule has 3 heteroatoms. The fourth-order valence-corrected chi connectivity index (χ4v) is 4.19. The molecule has 0 bridgehead atoms. The Morgan fingerprint density at radius 3 is 2.65 bits per heavy atom. The maximum absolute atomic E-state index is 3.53. The lowest BCUT2D eigenvalue weighted by molar-refractivity contribution is -0.446. The van der Waals surface area contributed by atoms with Crippen molar-refractivity contribution in [3.05, 3.63) is 65.2 Å². The van der Waals surface area contributed by atoms with Crippen molar-refractivity contribution in [3.63, 3.8) is 0 Å². The molecule has 0 saturated carbocycles. The lowest BCUT2D eigenvalue weighted by Crippen LogP contribution is -2.71. The van der Waals surface area contributed by atoms with Gasteiger partial charge in [-0.1, -0.05) is 42.5 Å². The summed E-state index contributed by atoms with van der Waals surface area (Å²) in [4.78, 5) is 4.93. The largest absolute Gasteiger partial charge is 0.274 e. The Labute approximate surface area is 123 Å². The summed E-state index contributed by atoms with van der Waals surface area (Å²) < 4.78 is 0. The van der Waals surface area contributed by atoms with E-state index in [4.69, 9.17) is 0 Å². The Hall–Kier alpha value is -1.74. The first kappa shape index (κ1) is 12.0. The SMILES string of the molecule is c1ccc2c(c1)CSc1ccccc1[C@H]2C1=[NH+]CCN1. The average molecular weight is 281 g/mol. The van der Waals surface area contributed by atoms with E-state index in [9.17, 15) is 0 Å². The first-order valence-electron chi connectivity index (χ1n) is 7.07. The minimum absolute atomic E-state index is 0.319. The van der Waals surface area contributed by atoms with Gasteiger partial charge in [-0.3, -0.25) is 10.3 Å². The molecule has 20 heavy (non-hydrogen) atoms. The molecule has 100 valence electrons. The lowest BCUT2D eigenvalue weighted by Gasteiger charge is -2.16. The van der Waals surface area contributed by atoms with Crippen molar-refractivity contribution in [2.75, 3.05) is 13.1 Å². The summed E-state index contributed by atoms with van der Waals surface area (Å²) in [6.07, 6.45) is 0. The summed E-state index contributed by atoms with van der Waals surface area (Å²) in [7, 11) is 0. The Kier molecular flexibility index (Phi) is 3.00. The first-order chi connectivity index (χ1) is 9.93. The zero-order valence-electron chi connectivity index (χ0n) is 11.2. The van der Waals surface area contributed by atoms with Crippen LogP contribution in [0.3, 0.4) is 0 Å². The van der Waals surface area contributed by atoms with Crippen LogP contribution in [0.15, 0.2) is 53.4 Å². The molecule has 1 atom stereocenters. The third kappa shape index (κ3) is 1.93. The Bertz CT molecular complexity index is 631. The van der Waals surface area contributed by atoms with E-state index in [0.717, 1.165) is 18.8 Å². The van der Waals surface area contributed by atoms with Crippen LogP contribution in [0.2, 0.25) is 0 Å². The summed E-state index contributed by atoms with van der Waals surface area (Å²) in [6, 6.07) is 17.6. The van der Waals surface area contributed by atoms with E-state index in [-0.39, 0.29) is 0 Å². The van der Waals surface area contributed by atoms with Crippen molar-refractivity contribution in [1.82, 2.24) is 5.32 Å². The summed E-state index contributed by atoms with van der Waals surface area (Å²) in [5.74, 6) is 2.63. The molecule has 0 aliphatic carbocycles. The predicted octanol–water partition coefficient (Wildman–Crippen LogP) is 1.51. The lowest BCUT2D eigenvalue weighted by atomic mass is 9.87. The van der Waals surface area contributed by atoms with Crippen LogP contribution in [0.25, 0.3) is 0 Å². The molecule has 0 fully saturated rings. The molecule has 0 amide bonds. The molecule has 2 aromatic rings. The fraction of sp³-hybridized carbons (Fsp3) is 0.235. The third-order valence-electron chi connectivity index (χ3n) is 4.02. The summed E-state index contributed by atoms with van der Waals surface area (Å²) in [5.41, 5.74) is 4.29. The molecular formula is C17H17N2S+. The number of benzene rings is 2. The quantitative estimate of drug-likeness (QED) is 0.828. The topological polar surface area (TPSA) is 26.0 Å². The Balaban J connectivity index is 1.94. The van der Waals surface area contributed by atoms with Crippen LogP contribution < -0.4 is 10.3 Å². The van der Waals surface area contributed by atoms with Crippen LogP contribution in [0.4, 0.5) is 0 Å². The van der Waals surface area contributed by atoms with Gasteiger partial charge in [-0.2, -0.15) is 0 Å². The number of rotatable bonds is 1. The zero-order chi connectivity index (χ0) is 13.4. The number of hydrogen-bond acceptors (Lipinski definition) is 2. The molecule has 2 heterocycles. The second-order valence-corrected chi connectivity index (χ2v) is 6.24. The van der Waals surface area contributed by atoms with Gasteiger partial charge in [-0.05, 0) is 22.8 Å². The van der Waals surface area contributed by atoms with E-state index in [1.807, 2.05) is 11.8 Å². The molecule has 0 unspecified atom stereocenters. The molecule has 0 saturated heterocycles. The fourth-order valence-electron chi connectivity index (χ4n) is 3.09. The van der Waals surface area contributed by atoms with Crippen molar-refractivity contribution >= 4 is 17.6 Å². The van der Waals surface area contributed by atoms with Crippen LogP contribution in [-0.2, 0) is 5.75 Å². The van der Waals surface area contributed by atoms with E-state index in [2.05, 4.69) is 58.8 Å². The van der Waals surface area contributed by atoms with E-state index in [0.29, 0.717) is 5.92 Å². The number of fused-ring (bicyclic) bond motifs is 2. The van der Waals surface area contributed by atoms with E-state index in [1.165, 1.54) is 27.4 Å². The maximum Gasteiger partial charge on any atom is 0.255 e. The van der Waals surface area contributed by atoms with Crippen molar-refractivity contribution in [2.45, 2.75) is 16.6 Å². The summed E-state index contributed by atoms with van der Waals surface area (Å²) in [6.45, 7) is 2.03. The summed E-state index contributed by atoms with van der Waals surface area (Å²) in [5, 5.41) is 3.53. The highest BCUT2D eigenvalue weighted by Crippen LogP contribution is 2.40. The van der Waals surface area contributed by atoms with Gasteiger partial charge in [0.25, 0.3) is 5.84 Å². The van der Waals surface area contributed by atoms with Crippen LogP contribution in [0.1, 0.15) is 22.6 Å². The second-order valence-electron chi connectivity index (χ2n) is 5.23. The minimum atomic E-state index is 0.319. The number of hydrogen-bond donors (Lipinski definition) is 2. The van der Waals surface area contributed by atoms with E-state index in [1.54, 1.807) is 0 Å². The Morgan fingerprint density at radius 2 is 1.80 bits per heavy atom. The molecule has 2 nitrogen and oxygen atoms in total. The molecule has 2 aromatic carbocycles. The third-order valence-corrected chi connectivity index (χ3v) is 5.16. The highest BCUT2D eigenvalue weighted by atomic mass is 32.2.